The topological polar surface area (TPSA) is 106 Å². The molecule has 1 aromatic heterocycles. The highest BCUT2D eigenvalue weighted by molar-refractivity contribution is 5.86. The average molecular weight is 172 g/mol. The van der Waals surface area contributed by atoms with Crippen LogP contribution in [-0.4, -0.2) is 32.8 Å². The molecule has 1 rings (SSSR count). The van der Waals surface area contributed by atoms with Gasteiger partial charge >= 0.3 is 11.7 Å². The summed E-state index contributed by atoms with van der Waals surface area (Å²) in [6.45, 7) is -0.200. The second-order valence-electron chi connectivity index (χ2n) is 2.21. The number of carboxylic acid groups (broad SMARTS) is 1. The number of nitrogens with one attached hydrogen (secondary N) is 2. The number of aromatic carboxylic acids is 1. The number of carboxylic acids is 1. The van der Waals surface area contributed by atoms with Crippen LogP contribution in [0.3, 0.4) is 0 Å². The summed E-state index contributed by atoms with van der Waals surface area (Å²) in [6.07, 6.45) is 0.125. The van der Waals surface area contributed by atoms with E-state index in [0.717, 1.165) is 0 Å². The fraction of sp³-hybridized carbons (Fsp3) is 0.333. The highest BCUT2D eigenvalue weighted by Crippen LogP contribution is 1.99. The van der Waals surface area contributed by atoms with Crippen LogP contribution in [0, 0.1) is 0 Å². The Morgan fingerprint density at radius 1 is 1.42 bits per heavy atom. The number of aromatic nitrogens is 2. The third-order valence-electron chi connectivity index (χ3n) is 1.38. The van der Waals surface area contributed by atoms with E-state index in [1.54, 1.807) is 0 Å². The maximum Gasteiger partial charge on any atom is 0.354 e. The van der Waals surface area contributed by atoms with Crippen LogP contribution in [0.5, 0.6) is 0 Å². The van der Waals surface area contributed by atoms with Crippen molar-refractivity contribution in [2.75, 3.05) is 6.61 Å². The van der Waals surface area contributed by atoms with Crippen LogP contribution in [-0.2, 0) is 6.42 Å². The summed E-state index contributed by atoms with van der Waals surface area (Å²) >= 11 is 0. The van der Waals surface area contributed by atoms with Gasteiger partial charge in [-0.15, -0.1) is 0 Å². The summed E-state index contributed by atoms with van der Waals surface area (Å²) in [5, 5.41) is 17.0. The van der Waals surface area contributed by atoms with Crippen molar-refractivity contribution in [1.82, 2.24) is 9.97 Å². The Hall–Kier alpha value is -1.56. The number of rotatable bonds is 3. The maximum absolute atomic E-state index is 10.6. The predicted molar refractivity (Wildman–Crippen MR) is 39.2 cm³/mol. The number of hydrogen-bond donors (Lipinski definition) is 4. The van der Waals surface area contributed by atoms with Crippen LogP contribution in [0.1, 0.15) is 16.2 Å². The number of carbonyl (C=O) groups is 1. The molecular weight excluding hydrogens is 164 g/mol. The van der Waals surface area contributed by atoms with Gasteiger partial charge in [0.2, 0.25) is 0 Å². The number of aliphatic hydroxyl groups excluding tert-OH is 1. The standard InChI is InChI=1S/C6H8N2O4/c9-2-1-3-4(5(10)11)8-6(12)7-3/h9H,1-2H2,(H,10,11)(H2,7,8,12). The van der Waals surface area contributed by atoms with Crippen molar-refractivity contribution in [3.63, 3.8) is 0 Å². The van der Waals surface area contributed by atoms with E-state index in [0.29, 0.717) is 0 Å². The van der Waals surface area contributed by atoms with Gasteiger partial charge in [0.05, 0.1) is 5.69 Å². The zero-order valence-electron chi connectivity index (χ0n) is 6.13. The first-order valence-corrected chi connectivity index (χ1v) is 3.30. The van der Waals surface area contributed by atoms with Crippen molar-refractivity contribution in [2.24, 2.45) is 0 Å². The van der Waals surface area contributed by atoms with E-state index in [9.17, 15) is 9.59 Å². The van der Waals surface area contributed by atoms with E-state index < -0.39 is 11.7 Å². The van der Waals surface area contributed by atoms with Gasteiger partial charge < -0.3 is 15.2 Å². The zero-order chi connectivity index (χ0) is 9.14. The molecule has 0 radical (unpaired) electrons. The molecule has 4 N–H and O–H groups in total. The molecule has 0 atom stereocenters. The fourth-order valence-corrected chi connectivity index (χ4v) is 0.902. The lowest BCUT2D eigenvalue weighted by molar-refractivity contribution is 0.0689. The first-order chi connectivity index (χ1) is 5.65. The Balaban J connectivity index is 3.08. The highest BCUT2D eigenvalue weighted by atomic mass is 16.4. The minimum Gasteiger partial charge on any atom is -0.477 e. The van der Waals surface area contributed by atoms with E-state index >= 15 is 0 Å². The Morgan fingerprint density at radius 2 is 2.08 bits per heavy atom. The zero-order valence-corrected chi connectivity index (χ0v) is 6.13. The molecule has 0 fully saturated rings. The molecule has 6 heteroatoms. The Morgan fingerprint density at radius 3 is 2.58 bits per heavy atom. The highest BCUT2D eigenvalue weighted by Gasteiger charge is 2.12. The van der Waals surface area contributed by atoms with Gasteiger partial charge in [-0.2, -0.15) is 0 Å². The van der Waals surface area contributed by atoms with E-state index in [-0.39, 0.29) is 24.4 Å². The molecule has 0 bridgehead atoms. The molecule has 0 saturated heterocycles. The van der Waals surface area contributed by atoms with E-state index in [2.05, 4.69) is 9.97 Å². The maximum atomic E-state index is 10.6. The molecule has 0 amide bonds. The quantitative estimate of drug-likeness (QED) is 0.466. The smallest absolute Gasteiger partial charge is 0.354 e. The van der Waals surface area contributed by atoms with Gasteiger partial charge in [-0.3, -0.25) is 4.98 Å². The minimum absolute atomic E-state index is 0.125. The number of aliphatic hydroxyl groups is 1. The van der Waals surface area contributed by atoms with Crippen LogP contribution in [0.2, 0.25) is 0 Å². The Kier molecular flexibility index (Phi) is 2.29. The summed E-state index contributed by atoms with van der Waals surface area (Å²) < 4.78 is 0. The molecule has 0 aliphatic carbocycles. The van der Waals surface area contributed by atoms with Crippen LogP contribution in [0.15, 0.2) is 4.79 Å². The van der Waals surface area contributed by atoms with Crippen LogP contribution >= 0.6 is 0 Å². The molecule has 66 valence electrons. The lowest BCUT2D eigenvalue weighted by atomic mass is 10.2. The van der Waals surface area contributed by atoms with Crippen LogP contribution in [0.25, 0.3) is 0 Å². The second kappa shape index (κ2) is 3.22. The summed E-state index contributed by atoms with van der Waals surface area (Å²) in [5.74, 6) is -1.21. The Labute approximate surface area is 66.9 Å². The molecule has 0 saturated carbocycles. The number of aromatic amines is 2. The van der Waals surface area contributed by atoms with Crippen molar-refractivity contribution < 1.29 is 15.0 Å². The largest absolute Gasteiger partial charge is 0.477 e. The normalized spacial score (nSPS) is 10.1. The second-order valence-corrected chi connectivity index (χ2v) is 2.21. The molecule has 1 heterocycles. The number of imidazole rings is 1. The number of hydrogen-bond acceptors (Lipinski definition) is 3. The molecule has 6 nitrogen and oxygen atoms in total. The monoisotopic (exact) mass is 172 g/mol. The fourth-order valence-electron chi connectivity index (χ4n) is 0.902. The molecule has 0 aromatic carbocycles. The van der Waals surface area contributed by atoms with Crippen LogP contribution < -0.4 is 5.69 Å². The van der Waals surface area contributed by atoms with Crippen LogP contribution in [0.4, 0.5) is 0 Å². The van der Waals surface area contributed by atoms with E-state index in [1.165, 1.54) is 0 Å². The van der Waals surface area contributed by atoms with Crippen molar-refractivity contribution in [3.8, 4) is 0 Å². The summed E-state index contributed by atoms with van der Waals surface area (Å²) in [4.78, 5) is 25.5. The molecule has 0 unspecified atom stereocenters. The first-order valence-electron chi connectivity index (χ1n) is 3.30. The average Bonchev–Trinajstić information content (AvgIpc) is 2.32. The van der Waals surface area contributed by atoms with Crippen molar-refractivity contribution in [3.05, 3.63) is 21.9 Å². The lowest BCUT2D eigenvalue weighted by Gasteiger charge is -1.93. The van der Waals surface area contributed by atoms with Gasteiger partial charge in [-0.25, -0.2) is 9.59 Å². The lowest BCUT2D eigenvalue weighted by Crippen LogP contribution is -2.04. The third kappa shape index (κ3) is 1.54. The van der Waals surface area contributed by atoms with Gasteiger partial charge in [0, 0.05) is 13.0 Å². The summed E-state index contributed by atoms with van der Waals surface area (Å²) in [7, 11) is 0. The molecular formula is C6H8N2O4. The van der Waals surface area contributed by atoms with E-state index in [1.807, 2.05) is 0 Å². The summed E-state index contributed by atoms with van der Waals surface area (Å²) in [6, 6.07) is 0. The van der Waals surface area contributed by atoms with Gasteiger partial charge in [0.25, 0.3) is 0 Å². The Bertz CT molecular complexity index is 338. The van der Waals surface area contributed by atoms with Gasteiger partial charge in [-0.05, 0) is 0 Å². The first kappa shape index (κ1) is 8.54. The van der Waals surface area contributed by atoms with Crippen molar-refractivity contribution in [1.29, 1.82) is 0 Å². The SMILES string of the molecule is O=C(O)c1[nH]c(=O)[nH]c1CCO. The minimum atomic E-state index is -1.21. The predicted octanol–water partition coefficient (Wildman–Crippen LogP) is -1.06. The molecule has 0 aliphatic rings. The molecule has 0 spiro atoms. The number of H-pyrrole nitrogens is 2. The van der Waals surface area contributed by atoms with Gasteiger partial charge in [0.15, 0.2) is 0 Å². The molecule has 0 aliphatic heterocycles. The summed E-state index contributed by atoms with van der Waals surface area (Å²) in [5.41, 5.74) is -0.542. The van der Waals surface area contributed by atoms with Crippen molar-refractivity contribution >= 4 is 5.97 Å². The van der Waals surface area contributed by atoms with Gasteiger partial charge in [-0.1, -0.05) is 0 Å². The van der Waals surface area contributed by atoms with Gasteiger partial charge in [0.1, 0.15) is 5.69 Å². The van der Waals surface area contributed by atoms with Crippen molar-refractivity contribution in [2.45, 2.75) is 6.42 Å². The third-order valence-corrected chi connectivity index (χ3v) is 1.38. The van der Waals surface area contributed by atoms with E-state index in [4.69, 9.17) is 10.2 Å². The molecule has 1 aromatic rings. The molecule has 12 heavy (non-hydrogen) atoms.